The Morgan fingerprint density at radius 3 is 2.72 bits per heavy atom. The van der Waals surface area contributed by atoms with E-state index >= 15 is 0 Å². The molecule has 0 amide bonds. The number of aromatic amines is 1. The second-order valence-corrected chi connectivity index (χ2v) is 7.52. The van der Waals surface area contributed by atoms with E-state index in [0.29, 0.717) is 23.3 Å². The van der Waals surface area contributed by atoms with Gasteiger partial charge in [0.25, 0.3) is 0 Å². The maximum atomic E-state index is 13.2. The lowest BCUT2D eigenvalue weighted by atomic mass is 10.1. The number of aromatic nitrogens is 1. The molecule has 0 aliphatic carbocycles. The van der Waals surface area contributed by atoms with Crippen molar-refractivity contribution in [1.29, 1.82) is 0 Å². The maximum Gasteiger partial charge on any atom is 0.240 e. The quantitative estimate of drug-likeness (QED) is 0.708. The topological polar surface area (TPSA) is 71.2 Å². The van der Waals surface area contributed by atoms with Gasteiger partial charge in [-0.2, -0.15) is 0 Å². The van der Waals surface area contributed by atoms with Crippen LogP contribution in [0.2, 0.25) is 0 Å². The third-order valence-electron chi connectivity index (χ3n) is 4.09. The smallest absolute Gasteiger partial charge is 0.240 e. The molecule has 7 heteroatoms. The molecule has 0 atom stereocenters. The van der Waals surface area contributed by atoms with Crippen LogP contribution in [-0.4, -0.2) is 27.1 Å². The Bertz CT molecular complexity index is 1010. The predicted molar refractivity (Wildman–Crippen MR) is 94.9 cm³/mol. The van der Waals surface area contributed by atoms with Gasteiger partial charge in [0.05, 0.1) is 12.0 Å². The van der Waals surface area contributed by atoms with E-state index < -0.39 is 10.0 Å². The number of hydrogen-bond acceptors (Lipinski definition) is 3. The third kappa shape index (κ3) is 3.67. The predicted octanol–water partition coefficient (Wildman–Crippen LogP) is 3.15. The first-order chi connectivity index (χ1) is 11.9. The van der Waals surface area contributed by atoms with E-state index in [-0.39, 0.29) is 17.3 Å². The molecule has 2 N–H and O–H groups in total. The van der Waals surface area contributed by atoms with Crippen LogP contribution in [0.1, 0.15) is 11.1 Å². The van der Waals surface area contributed by atoms with Gasteiger partial charge >= 0.3 is 0 Å². The maximum absolute atomic E-state index is 13.2. The van der Waals surface area contributed by atoms with Crippen molar-refractivity contribution in [2.24, 2.45) is 0 Å². The van der Waals surface area contributed by atoms with E-state index in [1.54, 1.807) is 31.3 Å². The summed E-state index contributed by atoms with van der Waals surface area (Å²) in [5.74, 6) is 0.305. The summed E-state index contributed by atoms with van der Waals surface area (Å²) in [7, 11) is -2.07. The number of rotatable bonds is 6. The lowest BCUT2D eigenvalue weighted by Crippen LogP contribution is -2.26. The van der Waals surface area contributed by atoms with Crippen molar-refractivity contribution in [3.8, 4) is 5.75 Å². The van der Waals surface area contributed by atoms with Crippen LogP contribution >= 0.6 is 0 Å². The van der Waals surface area contributed by atoms with Gasteiger partial charge in [-0.25, -0.2) is 17.5 Å². The molecule has 1 heterocycles. The molecular weight excluding hydrogens is 343 g/mol. The zero-order valence-corrected chi connectivity index (χ0v) is 14.8. The highest BCUT2D eigenvalue weighted by atomic mass is 32.2. The fraction of sp³-hybridized carbons (Fsp3) is 0.222. The number of ether oxygens (including phenoxy) is 1. The number of fused-ring (bicyclic) bond motifs is 1. The molecule has 0 aliphatic rings. The minimum Gasteiger partial charge on any atom is -0.497 e. The normalized spacial score (nSPS) is 11.8. The summed E-state index contributed by atoms with van der Waals surface area (Å²) < 4.78 is 45.9. The van der Waals surface area contributed by atoms with Gasteiger partial charge in [0.2, 0.25) is 10.0 Å². The van der Waals surface area contributed by atoms with Crippen molar-refractivity contribution < 1.29 is 17.5 Å². The van der Waals surface area contributed by atoms with Crippen molar-refractivity contribution in [3.05, 3.63) is 59.5 Å². The van der Waals surface area contributed by atoms with Crippen LogP contribution in [0.25, 0.3) is 10.9 Å². The van der Waals surface area contributed by atoms with Crippen LogP contribution in [0.5, 0.6) is 5.75 Å². The van der Waals surface area contributed by atoms with Gasteiger partial charge in [0, 0.05) is 23.6 Å². The minimum atomic E-state index is -3.60. The van der Waals surface area contributed by atoms with E-state index in [1.807, 2.05) is 0 Å². The van der Waals surface area contributed by atoms with Gasteiger partial charge in [0.1, 0.15) is 11.6 Å². The van der Waals surface area contributed by atoms with Gasteiger partial charge < -0.3 is 9.72 Å². The van der Waals surface area contributed by atoms with Crippen molar-refractivity contribution >= 4 is 20.9 Å². The lowest BCUT2D eigenvalue weighted by Gasteiger charge is -2.10. The van der Waals surface area contributed by atoms with E-state index in [0.717, 1.165) is 10.9 Å². The Balaban J connectivity index is 1.72. The number of aryl methyl sites for hydroxylation is 1. The number of hydrogen-bond donors (Lipinski definition) is 2. The number of H-pyrrole nitrogens is 1. The Labute approximate surface area is 145 Å². The highest BCUT2D eigenvalue weighted by Crippen LogP contribution is 2.22. The lowest BCUT2D eigenvalue weighted by molar-refractivity contribution is 0.414. The van der Waals surface area contributed by atoms with Gasteiger partial charge in [-0.3, -0.25) is 0 Å². The fourth-order valence-corrected chi connectivity index (χ4v) is 4.07. The average molecular weight is 362 g/mol. The minimum absolute atomic E-state index is 0.231. The van der Waals surface area contributed by atoms with E-state index in [1.165, 1.54) is 25.3 Å². The molecule has 3 aromatic rings. The molecule has 25 heavy (non-hydrogen) atoms. The zero-order chi connectivity index (χ0) is 18.0. The molecule has 5 nitrogen and oxygen atoms in total. The van der Waals surface area contributed by atoms with Crippen molar-refractivity contribution in [3.63, 3.8) is 0 Å². The van der Waals surface area contributed by atoms with Gasteiger partial charge in [0.15, 0.2) is 0 Å². The van der Waals surface area contributed by atoms with Crippen LogP contribution in [-0.2, 0) is 16.4 Å². The second kappa shape index (κ2) is 6.85. The molecule has 2 aromatic carbocycles. The van der Waals surface area contributed by atoms with Gasteiger partial charge in [-0.1, -0.05) is 0 Å². The van der Waals surface area contributed by atoms with Crippen molar-refractivity contribution in [2.75, 3.05) is 13.7 Å². The average Bonchev–Trinajstić information content (AvgIpc) is 2.96. The molecule has 1 aromatic heterocycles. The standard InChI is InChI=1S/C18H19FN2O3S/c1-12-9-15(24-2)4-6-18(12)25(22,23)21-8-7-13-11-20-17-10-14(19)3-5-16(13)17/h3-6,9-11,20-21H,7-8H2,1-2H3. The first-order valence-electron chi connectivity index (χ1n) is 7.80. The molecule has 0 saturated heterocycles. The highest BCUT2D eigenvalue weighted by molar-refractivity contribution is 7.89. The first kappa shape index (κ1) is 17.4. The largest absolute Gasteiger partial charge is 0.497 e. The van der Waals surface area contributed by atoms with Crippen LogP contribution < -0.4 is 9.46 Å². The molecule has 0 spiro atoms. The molecule has 0 radical (unpaired) electrons. The monoisotopic (exact) mass is 362 g/mol. The molecule has 0 unspecified atom stereocenters. The van der Waals surface area contributed by atoms with Crippen LogP contribution in [0.15, 0.2) is 47.5 Å². The Kier molecular flexibility index (Phi) is 4.78. The molecular formula is C18H19FN2O3S. The van der Waals surface area contributed by atoms with Gasteiger partial charge in [-0.15, -0.1) is 0 Å². The van der Waals surface area contributed by atoms with Crippen LogP contribution in [0.4, 0.5) is 4.39 Å². The molecule has 132 valence electrons. The number of halogens is 1. The number of sulfonamides is 1. The fourth-order valence-electron chi connectivity index (χ4n) is 2.81. The third-order valence-corrected chi connectivity index (χ3v) is 5.71. The molecule has 0 fully saturated rings. The van der Waals surface area contributed by atoms with E-state index in [4.69, 9.17) is 4.74 Å². The molecule has 0 bridgehead atoms. The van der Waals surface area contributed by atoms with Crippen LogP contribution in [0, 0.1) is 12.7 Å². The zero-order valence-electron chi connectivity index (χ0n) is 14.0. The summed E-state index contributed by atoms with van der Waals surface area (Å²) in [6, 6.07) is 9.34. The summed E-state index contributed by atoms with van der Waals surface area (Å²) in [6.45, 7) is 1.98. The van der Waals surface area contributed by atoms with Crippen LogP contribution in [0.3, 0.4) is 0 Å². The summed E-state index contributed by atoms with van der Waals surface area (Å²) in [6.07, 6.45) is 2.27. The molecule has 0 saturated carbocycles. The van der Waals surface area contributed by atoms with Crippen molar-refractivity contribution in [1.82, 2.24) is 9.71 Å². The Morgan fingerprint density at radius 1 is 1.20 bits per heavy atom. The highest BCUT2D eigenvalue weighted by Gasteiger charge is 2.17. The second-order valence-electron chi connectivity index (χ2n) is 5.78. The molecule has 3 rings (SSSR count). The number of benzene rings is 2. The Hall–Kier alpha value is -2.38. The summed E-state index contributed by atoms with van der Waals surface area (Å²) in [5, 5.41) is 0.890. The molecule has 0 aliphatic heterocycles. The van der Waals surface area contributed by atoms with E-state index in [2.05, 4.69) is 9.71 Å². The van der Waals surface area contributed by atoms with E-state index in [9.17, 15) is 12.8 Å². The first-order valence-corrected chi connectivity index (χ1v) is 9.29. The Morgan fingerprint density at radius 2 is 2.00 bits per heavy atom. The number of nitrogens with one attached hydrogen (secondary N) is 2. The summed E-state index contributed by atoms with van der Waals surface area (Å²) in [4.78, 5) is 3.23. The summed E-state index contributed by atoms with van der Waals surface area (Å²) >= 11 is 0. The SMILES string of the molecule is COc1ccc(S(=O)(=O)NCCc2c[nH]c3cc(F)ccc23)c(C)c1. The van der Waals surface area contributed by atoms with Crippen molar-refractivity contribution in [2.45, 2.75) is 18.2 Å². The number of methoxy groups -OCH3 is 1. The van der Waals surface area contributed by atoms with Gasteiger partial charge in [-0.05, 0) is 60.9 Å². The summed E-state index contributed by atoms with van der Waals surface area (Å²) in [5.41, 5.74) is 2.25.